The van der Waals surface area contributed by atoms with Crippen molar-refractivity contribution in [2.45, 2.75) is 32.2 Å². The fourth-order valence-corrected chi connectivity index (χ4v) is 4.38. The molecule has 1 aliphatic heterocycles. The van der Waals surface area contributed by atoms with Crippen molar-refractivity contribution < 1.29 is 22.7 Å². The summed E-state index contributed by atoms with van der Waals surface area (Å²) in [4.78, 5) is 14.4. The van der Waals surface area contributed by atoms with Gasteiger partial charge in [-0.05, 0) is 19.3 Å². The van der Waals surface area contributed by atoms with Gasteiger partial charge in [-0.2, -0.15) is 4.31 Å². The molecule has 1 atom stereocenters. The third-order valence-electron chi connectivity index (χ3n) is 3.75. The molecular weight excluding hydrogens is 308 g/mol. The lowest BCUT2D eigenvalue weighted by Crippen LogP contribution is -2.49. The molecule has 0 spiro atoms. The van der Waals surface area contributed by atoms with Crippen LogP contribution in [0.15, 0.2) is 0 Å². The second-order valence-electron chi connectivity index (χ2n) is 5.40. The second-order valence-corrected chi connectivity index (χ2v) is 7.44. The Labute approximate surface area is 133 Å². The van der Waals surface area contributed by atoms with Crippen molar-refractivity contribution in [3.05, 3.63) is 0 Å². The minimum atomic E-state index is -3.36. The number of carbonyl (C=O) groups excluding carboxylic acids is 1. The van der Waals surface area contributed by atoms with Crippen LogP contribution in [0, 0.1) is 0 Å². The molecule has 0 aromatic heterocycles. The molecule has 0 bridgehead atoms. The van der Waals surface area contributed by atoms with E-state index in [2.05, 4.69) is 0 Å². The van der Waals surface area contributed by atoms with Gasteiger partial charge in [-0.25, -0.2) is 8.42 Å². The topological polar surface area (TPSA) is 76.2 Å². The van der Waals surface area contributed by atoms with Gasteiger partial charge >= 0.3 is 0 Å². The van der Waals surface area contributed by atoms with Crippen LogP contribution >= 0.6 is 0 Å². The minimum absolute atomic E-state index is 0.0902. The van der Waals surface area contributed by atoms with Gasteiger partial charge in [0.05, 0.1) is 19.0 Å². The lowest BCUT2D eigenvalue weighted by atomic mass is 10.2. The third-order valence-corrected chi connectivity index (χ3v) is 5.83. The van der Waals surface area contributed by atoms with Gasteiger partial charge in [-0.3, -0.25) is 4.79 Å². The number of hydrogen-bond donors (Lipinski definition) is 0. The highest BCUT2D eigenvalue weighted by Gasteiger charge is 2.39. The maximum Gasteiger partial charge on any atom is 0.241 e. The zero-order chi connectivity index (χ0) is 16.6. The number of amides is 1. The second kappa shape index (κ2) is 9.44. The van der Waals surface area contributed by atoms with Gasteiger partial charge in [0.1, 0.15) is 6.04 Å². The van der Waals surface area contributed by atoms with E-state index >= 15 is 0 Å². The van der Waals surface area contributed by atoms with Crippen molar-refractivity contribution in [1.29, 1.82) is 0 Å². The lowest BCUT2D eigenvalue weighted by Gasteiger charge is -2.29. The molecule has 1 aliphatic rings. The predicted molar refractivity (Wildman–Crippen MR) is 84.1 cm³/mol. The van der Waals surface area contributed by atoms with Crippen LogP contribution in [-0.4, -0.2) is 82.4 Å². The number of hydrogen-bond acceptors (Lipinski definition) is 5. The van der Waals surface area contributed by atoms with Crippen molar-refractivity contribution in [2.75, 3.05) is 52.8 Å². The Kier molecular flexibility index (Phi) is 8.30. The van der Waals surface area contributed by atoms with E-state index in [1.807, 2.05) is 6.92 Å². The molecule has 0 aromatic carbocycles. The first-order valence-corrected chi connectivity index (χ1v) is 9.35. The molecule has 7 nitrogen and oxygen atoms in total. The normalized spacial score (nSPS) is 19.5. The number of nitrogens with zero attached hydrogens (tertiary/aromatic N) is 2. The standard InChI is InChI=1S/C14H28N2O5S/c1-4-12-22(18,19)16-7-5-6-13(16)14(17)15(8-10-20-2)9-11-21-3/h13H,4-12H2,1-3H3. The molecule has 1 saturated heterocycles. The van der Waals surface area contributed by atoms with Crippen LogP contribution in [0.2, 0.25) is 0 Å². The maximum absolute atomic E-state index is 12.7. The predicted octanol–water partition coefficient (Wildman–Crippen LogP) is 0.312. The molecule has 1 rings (SSSR count). The van der Waals surface area contributed by atoms with Gasteiger partial charge in [0, 0.05) is 33.9 Å². The highest BCUT2D eigenvalue weighted by molar-refractivity contribution is 7.89. The summed E-state index contributed by atoms with van der Waals surface area (Å²) < 4.78 is 36.1. The van der Waals surface area contributed by atoms with E-state index < -0.39 is 16.1 Å². The summed E-state index contributed by atoms with van der Waals surface area (Å²) in [6, 6.07) is -0.578. The van der Waals surface area contributed by atoms with E-state index in [-0.39, 0.29) is 11.7 Å². The number of methoxy groups -OCH3 is 2. The first-order valence-electron chi connectivity index (χ1n) is 7.74. The highest BCUT2D eigenvalue weighted by atomic mass is 32.2. The summed E-state index contributed by atoms with van der Waals surface area (Å²) >= 11 is 0. The SMILES string of the molecule is CCCS(=O)(=O)N1CCCC1C(=O)N(CCOC)CCOC. The molecule has 22 heavy (non-hydrogen) atoms. The number of rotatable bonds is 10. The van der Waals surface area contributed by atoms with Crippen LogP contribution in [-0.2, 0) is 24.3 Å². The van der Waals surface area contributed by atoms with Gasteiger partial charge in [0.25, 0.3) is 0 Å². The molecular formula is C14H28N2O5S. The average Bonchev–Trinajstić information content (AvgIpc) is 2.97. The average molecular weight is 336 g/mol. The molecule has 8 heteroatoms. The van der Waals surface area contributed by atoms with Crippen LogP contribution in [0.5, 0.6) is 0 Å². The summed E-state index contributed by atoms with van der Waals surface area (Å²) in [6.07, 6.45) is 1.86. The lowest BCUT2D eigenvalue weighted by molar-refractivity contribution is -0.135. The molecule has 1 fully saturated rings. The number of ether oxygens (including phenoxy) is 2. The van der Waals surface area contributed by atoms with Crippen LogP contribution in [0.25, 0.3) is 0 Å². The first-order chi connectivity index (χ1) is 10.5. The maximum atomic E-state index is 12.7. The quantitative estimate of drug-likeness (QED) is 0.574. The van der Waals surface area contributed by atoms with Gasteiger partial charge in [0.15, 0.2) is 0 Å². The van der Waals surface area contributed by atoms with E-state index in [4.69, 9.17) is 9.47 Å². The Morgan fingerprint density at radius 1 is 1.23 bits per heavy atom. The summed E-state index contributed by atoms with van der Waals surface area (Å²) in [7, 11) is -0.204. The van der Waals surface area contributed by atoms with Gasteiger partial charge < -0.3 is 14.4 Å². The van der Waals surface area contributed by atoms with Crippen molar-refractivity contribution in [3.8, 4) is 0 Å². The fourth-order valence-electron chi connectivity index (χ4n) is 2.64. The fraction of sp³-hybridized carbons (Fsp3) is 0.929. The summed E-state index contributed by atoms with van der Waals surface area (Å²) in [6.45, 7) is 3.98. The van der Waals surface area contributed by atoms with Crippen LogP contribution in [0.3, 0.4) is 0 Å². The molecule has 0 aliphatic carbocycles. The third kappa shape index (κ3) is 5.19. The van der Waals surface area contributed by atoms with E-state index in [0.717, 1.165) is 6.42 Å². The van der Waals surface area contributed by atoms with Crippen molar-refractivity contribution in [1.82, 2.24) is 9.21 Å². The zero-order valence-corrected chi connectivity index (χ0v) is 14.6. The summed E-state index contributed by atoms with van der Waals surface area (Å²) in [5.41, 5.74) is 0. The molecule has 0 N–H and O–H groups in total. The van der Waals surface area contributed by atoms with Crippen LogP contribution < -0.4 is 0 Å². The highest BCUT2D eigenvalue weighted by Crippen LogP contribution is 2.23. The zero-order valence-electron chi connectivity index (χ0n) is 13.8. The Balaban J connectivity index is 2.81. The van der Waals surface area contributed by atoms with E-state index in [0.29, 0.717) is 45.7 Å². The van der Waals surface area contributed by atoms with Gasteiger partial charge in [0.2, 0.25) is 15.9 Å². The number of sulfonamides is 1. The van der Waals surface area contributed by atoms with Gasteiger partial charge in [-0.1, -0.05) is 6.92 Å². The molecule has 0 radical (unpaired) electrons. The molecule has 1 heterocycles. The van der Waals surface area contributed by atoms with Crippen molar-refractivity contribution in [3.63, 3.8) is 0 Å². The van der Waals surface area contributed by atoms with E-state index in [1.54, 1.807) is 19.1 Å². The smallest absolute Gasteiger partial charge is 0.241 e. The van der Waals surface area contributed by atoms with Crippen molar-refractivity contribution in [2.24, 2.45) is 0 Å². The summed E-state index contributed by atoms with van der Waals surface area (Å²) in [5, 5.41) is 0. The largest absolute Gasteiger partial charge is 0.383 e. The molecule has 0 saturated carbocycles. The number of carbonyl (C=O) groups is 1. The molecule has 130 valence electrons. The Morgan fingerprint density at radius 2 is 1.82 bits per heavy atom. The molecule has 1 amide bonds. The van der Waals surface area contributed by atoms with Gasteiger partial charge in [-0.15, -0.1) is 0 Å². The Bertz CT molecular complexity index is 433. The molecule has 0 aromatic rings. The van der Waals surface area contributed by atoms with Crippen molar-refractivity contribution >= 4 is 15.9 Å². The molecule has 1 unspecified atom stereocenters. The Morgan fingerprint density at radius 3 is 2.32 bits per heavy atom. The first kappa shape index (κ1) is 19.3. The van der Waals surface area contributed by atoms with E-state index in [1.165, 1.54) is 4.31 Å². The van der Waals surface area contributed by atoms with Crippen LogP contribution in [0.4, 0.5) is 0 Å². The van der Waals surface area contributed by atoms with E-state index in [9.17, 15) is 13.2 Å². The monoisotopic (exact) mass is 336 g/mol. The Hall–Kier alpha value is -0.700. The van der Waals surface area contributed by atoms with Crippen LogP contribution in [0.1, 0.15) is 26.2 Å². The minimum Gasteiger partial charge on any atom is -0.383 e. The summed E-state index contributed by atoms with van der Waals surface area (Å²) in [5.74, 6) is -0.0568.